The number of hydrogen-bond donors (Lipinski definition) is 0. The van der Waals surface area contributed by atoms with E-state index in [1.165, 1.54) is 10.6 Å². The van der Waals surface area contributed by atoms with Crippen LogP contribution < -0.4 is 0 Å². The highest BCUT2D eigenvalue weighted by Gasteiger charge is 2.31. The fourth-order valence-electron chi connectivity index (χ4n) is 2.72. The summed E-state index contributed by atoms with van der Waals surface area (Å²) >= 11 is 3.48. The Morgan fingerprint density at radius 2 is 2.09 bits per heavy atom. The normalized spacial score (nSPS) is 19.9. The number of hydrogen-bond acceptors (Lipinski definition) is 3. The van der Waals surface area contributed by atoms with E-state index in [1.54, 1.807) is 11.9 Å². The third-order valence-corrected chi connectivity index (χ3v) is 5.99. The minimum absolute atomic E-state index is 0.00380. The Morgan fingerprint density at radius 1 is 1.41 bits per heavy atom. The quantitative estimate of drug-likeness (QED) is 0.793. The van der Waals surface area contributed by atoms with Gasteiger partial charge in [-0.1, -0.05) is 34.1 Å². The molecule has 2 rings (SSSR count). The highest BCUT2D eigenvalue weighted by atomic mass is 79.9. The number of amides is 1. The van der Waals surface area contributed by atoms with Gasteiger partial charge in [0, 0.05) is 31.2 Å². The molecule has 1 aromatic carbocycles. The van der Waals surface area contributed by atoms with E-state index in [4.69, 9.17) is 0 Å². The first-order valence-electron chi connectivity index (χ1n) is 7.22. The van der Waals surface area contributed by atoms with Crippen LogP contribution in [-0.4, -0.2) is 49.9 Å². The molecule has 0 bridgehead atoms. The SMILES string of the molecule is CN(Cc1ccccc1Br)C(=O)C1CCCN(S(C)(=O)=O)C1. The van der Waals surface area contributed by atoms with Gasteiger partial charge in [-0.05, 0) is 24.5 Å². The summed E-state index contributed by atoms with van der Waals surface area (Å²) in [6.07, 6.45) is 2.67. The van der Waals surface area contributed by atoms with Crippen LogP contribution in [0.4, 0.5) is 0 Å². The molecular formula is C15H21BrN2O3S. The summed E-state index contributed by atoms with van der Waals surface area (Å²) in [6.45, 7) is 1.31. The molecule has 1 saturated heterocycles. The van der Waals surface area contributed by atoms with Gasteiger partial charge < -0.3 is 4.90 Å². The van der Waals surface area contributed by atoms with Gasteiger partial charge in [0.1, 0.15) is 0 Å². The zero-order valence-electron chi connectivity index (χ0n) is 12.8. The van der Waals surface area contributed by atoms with Crippen molar-refractivity contribution in [2.45, 2.75) is 19.4 Å². The molecule has 1 aliphatic heterocycles. The molecule has 0 saturated carbocycles. The summed E-state index contributed by atoms with van der Waals surface area (Å²) < 4.78 is 25.7. The highest BCUT2D eigenvalue weighted by molar-refractivity contribution is 9.10. The number of sulfonamides is 1. The third kappa shape index (κ3) is 4.30. The van der Waals surface area contributed by atoms with E-state index in [0.717, 1.165) is 22.9 Å². The maximum absolute atomic E-state index is 12.6. The molecule has 7 heteroatoms. The van der Waals surface area contributed by atoms with Crippen molar-refractivity contribution in [3.63, 3.8) is 0 Å². The maximum Gasteiger partial charge on any atom is 0.227 e. The van der Waals surface area contributed by atoms with Crippen molar-refractivity contribution >= 4 is 31.9 Å². The van der Waals surface area contributed by atoms with E-state index in [9.17, 15) is 13.2 Å². The van der Waals surface area contributed by atoms with Crippen LogP contribution in [0.1, 0.15) is 18.4 Å². The number of carbonyl (C=O) groups is 1. The molecule has 0 N–H and O–H groups in total. The second-order valence-corrected chi connectivity index (χ2v) is 8.58. The number of rotatable bonds is 4. The van der Waals surface area contributed by atoms with Crippen LogP contribution >= 0.6 is 15.9 Å². The van der Waals surface area contributed by atoms with Crippen LogP contribution in [-0.2, 0) is 21.4 Å². The molecule has 0 aliphatic carbocycles. The van der Waals surface area contributed by atoms with E-state index in [-0.39, 0.29) is 18.4 Å². The summed E-state index contributed by atoms with van der Waals surface area (Å²) in [7, 11) is -1.46. The van der Waals surface area contributed by atoms with Gasteiger partial charge in [-0.25, -0.2) is 12.7 Å². The second kappa shape index (κ2) is 7.10. The van der Waals surface area contributed by atoms with Crippen LogP contribution in [0.15, 0.2) is 28.7 Å². The highest BCUT2D eigenvalue weighted by Crippen LogP contribution is 2.22. The molecule has 122 valence electrons. The van der Waals surface area contributed by atoms with Gasteiger partial charge in [-0.15, -0.1) is 0 Å². The van der Waals surface area contributed by atoms with E-state index < -0.39 is 10.0 Å². The molecule has 1 aromatic rings. The topological polar surface area (TPSA) is 57.7 Å². The van der Waals surface area contributed by atoms with Gasteiger partial charge in [0.25, 0.3) is 0 Å². The Hall–Kier alpha value is -0.920. The third-order valence-electron chi connectivity index (χ3n) is 3.94. The van der Waals surface area contributed by atoms with Crippen LogP contribution in [0.3, 0.4) is 0 Å². The number of piperidine rings is 1. The Kier molecular flexibility index (Phi) is 5.63. The molecule has 22 heavy (non-hydrogen) atoms. The smallest absolute Gasteiger partial charge is 0.227 e. The van der Waals surface area contributed by atoms with Crippen LogP contribution in [0.5, 0.6) is 0 Å². The van der Waals surface area contributed by atoms with Crippen LogP contribution in [0.2, 0.25) is 0 Å². The summed E-state index contributed by atoms with van der Waals surface area (Å²) in [4.78, 5) is 14.3. The lowest BCUT2D eigenvalue weighted by atomic mass is 9.98. The van der Waals surface area contributed by atoms with E-state index in [0.29, 0.717) is 13.1 Å². The first-order valence-corrected chi connectivity index (χ1v) is 9.86. The van der Waals surface area contributed by atoms with Crippen molar-refractivity contribution in [3.8, 4) is 0 Å². The standard InChI is InChI=1S/C15H21BrN2O3S/c1-17(10-12-6-3-4-8-14(12)16)15(19)13-7-5-9-18(11-13)22(2,20)21/h3-4,6,8,13H,5,7,9-11H2,1-2H3. The van der Waals surface area contributed by atoms with Crippen LogP contribution in [0, 0.1) is 5.92 Å². The molecule has 1 heterocycles. The monoisotopic (exact) mass is 388 g/mol. The van der Waals surface area contributed by atoms with Gasteiger partial charge in [-0.3, -0.25) is 4.79 Å². The summed E-state index contributed by atoms with van der Waals surface area (Å²) in [5.41, 5.74) is 1.04. The average Bonchev–Trinajstić information content (AvgIpc) is 2.48. The Labute approximate surface area is 140 Å². The molecule has 0 aromatic heterocycles. The minimum atomic E-state index is -3.23. The van der Waals surface area contributed by atoms with Crippen LogP contribution in [0.25, 0.3) is 0 Å². The number of carbonyl (C=O) groups excluding carboxylic acids is 1. The van der Waals surface area contributed by atoms with Gasteiger partial charge in [0.05, 0.1) is 12.2 Å². The van der Waals surface area contributed by atoms with Gasteiger partial charge in [0.15, 0.2) is 0 Å². The Bertz CT molecular complexity index is 648. The van der Waals surface area contributed by atoms with E-state index >= 15 is 0 Å². The largest absolute Gasteiger partial charge is 0.341 e. The van der Waals surface area contributed by atoms with Gasteiger partial charge >= 0.3 is 0 Å². The molecule has 0 radical (unpaired) electrons. The lowest BCUT2D eigenvalue weighted by Gasteiger charge is -2.32. The lowest BCUT2D eigenvalue weighted by molar-refractivity contribution is -0.135. The van der Waals surface area contributed by atoms with Crippen molar-refractivity contribution < 1.29 is 13.2 Å². The van der Waals surface area contributed by atoms with Gasteiger partial charge in [0.2, 0.25) is 15.9 Å². The summed E-state index contributed by atoms with van der Waals surface area (Å²) in [6, 6.07) is 7.78. The molecule has 1 unspecified atom stereocenters. The zero-order chi connectivity index (χ0) is 16.3. The average molecular weight is 389 g/mol. The second-order valence-electron chi connectivity index (χ2n) is 5.75. The lowest BCUT2D eigenvalue weighted by Crippen LogP contribution is -2.45. The summed E-state index contributed by atoms with van der Waals surface area (Å²) in [5, 5.41) is 0. The van der Waals surface area contributed by atoms with Gasteiger partial charge in [-0.2, -0.15) is 0 Å². The van der Waals surface area contributed by atoms with Crippen molar-refractivity contribution in [1.29, 1.82) is 0 Å². The fourth-order valence-corrected chi connectivity index (χ4v) is 4.04. The number of halogens is 1. The predicted octanol–water partition coefficient (Wildman–Crippen LogP) is 2.08. The van der Waals surface area contributed by atoms with Crippen molar-refractivity contribution in [1.82, 2.24) is 9.21 Å². The van der Waals surface area contributed by atoms with Crippen molar-refractivity contribution in [2.24, 2.45) is 5.92 Å². The first-order chi connectivity index (χ1) is 10.3. The molecule has 5 nitrogen and oxygen atoms in total. The fraction of sp³-hybridized carbons (Fsp3) is 0.533. The molecule has 0 spiro atoms. The number of nitrogens with zero attached hydrogens (tertiary/aromatic N) is 2. The maximum atomic E-state index is 12.6. The zero-order valence-corrected chi connectivity index (χ0v) is 15.2. The minimum Gasteiger partial charge on any atom is -0.341 e. The Morgan fingerprint density at radius 3 is 2.73 bits per heavy atom. The first kappa shape index (κ1) is 17.4. The molecule has 1 aliphatic rings. The van der Waals surface area contributed by atoms with Crippen molar-refractivity contribution in [3.05, 3.63) is 34.3 Å². The molecular weight excluding hydrogens is 368 g/mol. The molecule has 1 atom stereocenters. The Balaban J connectivity index is 2.03. The number of benzene rings is 1. The van der Waals surface area contributed by atoms with E-state index in [2.05, 4.69) is 15.9 Å². The molecule has 1 fully saturated rings. The van der Waals surface area contributed by atoms with E-state index in [1.807, 2.05) is 24.3 Å². The van der Waals surface area contributed by atoms with Crippen molar-refractivity contribution in [2.75, 3.05) is 26.4 Å². The summed E-state index contributed by atoms with van der Waals surface area (Å²) in [5.74, 6) is -0.250. The molecule has 1 amide bonds. The predicted molar refractivity (Wildman–Crippen MR) is 89.8 cm³/mol.